The van der Waals surface area contributed by atoms with Crippen LogP contribution in [-0.4, -0.2) is 73.3 Å². The second-order valence-electron chi connectivity index (χ2n) is 9.52. The van der Waals surface area contributed by atoms with Crippen molar-refractivity contribution in [1.29, 1.82) is 0 Å². The Hall–Kier alpha value is -4.59. The van der Waals surface area contributed by atoms with Crippen molar-refractivity contribution in [2.75, 3.05) is 31.9 Å². The van der Waals surface area contributed by atoms with Crippen LogP contribution in [0.2, 0.25) is 0 Å². The van der Waals surface area contributed by atoms with Crippen LogP contribution in [0.5, 0.6) is 0 Å². The maximum absolute atomic E-state index is 13.5. The van der Waals surface area contributed by atoms with Gasteiger partial charge in [0.25, 0.3) is 0 Å². The summed E-state index contributed by atoms with van der Waals surface area (Å²) in [6.07, 6.45) is 4.30. The Kier molecular flexibility index (Phi) is 6.99. The summed E-state index contributed by atoms with van der Waals surface area (Å²) in [5.74, 6) is 0.409. The molecule has 0 unspecified atom stereocenters. The molecular weight excluding hydrogens is 545 g/mol. The third-order valence-corrected chi connectivity index (χ3v) is 8.45. The molecule has 0 amide bonds. The van der Waals surface area contributed by atoms with E-state index in [4.69, 9.17) is 15.7 Å². The van der Waals surface area contributed by atoms with E-state index in [-0.39, 0.29) is 0 Å². The highest BCUT2D eigenvalue weighted by molar-refractivity contribution is 7.92. The third-order valence-electron chi connectivity index (χ3n) is 6.94. The van der Waals surface area contributed by atoms with Gasteiger partial charge in [0.1, 0.15) is 17.3 Å². The van der Waals surface area contributed by atoms with Crippen LogP contribution in [0.3, 0.4) is 0 Å². The van der Waals surface area contributed by atoms with Crippen LogP contribution in [0, 0.1) is 5.82 Å². The van der Waals surface area contributed by atoms with Crippen molar-refractivity contribution in [3.63, 3.8) is 0 Å². The topological polar surface area (TPSA) is 136 Å². The Morgan fingerprint density at radius 2 is 1.71 bits per heavy atom. The normalized spacial score (nSPS) is 14.9. The molecule has 0 saturated carbocycles. The largest absolute Gasteiger partial charge is 0.383 e. The van der Waals surface area contributed by atoms with Crippen LogP contribution in [-0.2, 0) is 16.6 Å². The molecule has 6 rings (SSSR count). The van der Waals surface area contributed by atoms with E-state index < -0.39 is 15.8 Å². The molecule has 1 fully saturated rings. The first-order chi connectivity index (χ1) is 19.8. The molecule has 41 heavy (non-hydrogen) atoms. The van der Waals surface area contributed by atoms with Crippen molar-refractivity contribution >= 4 is 27.1 Å². The van der Waals surface area contributed by atoms with Gasteiger partial charge in [-0.25, -0.2) is 32.7 Å². The number of nitrogens with zero attached hydrogens (tertiary/aromatic N) is 8. The van der Waals surface area contributed by atoms with Gasteiger partial charge < -0.3 is 5.73 Å². The lowest BCUT2D eigenvalue weighted by Crippen LogP contribution is -2.47. The number of anilines is 1. The van der Waals surface area contributed by atoms with Gasteiger partial charge in [0.05, 0.1) is 23.7 Å². The van der Waals surface area contributed by atoms with Gasteiger partial charge in [-0.1, -0.05) is 18.7 Å². The van der Waals surface area contributed by atoms with E-state index in [0.29, 0.717) is 72.6 Å². The van der Waals surface area contributed by atoms with Gasteiger partial charge in [0, 0.05) is 50.0 Å². The van der Waals surface area contributed by atoms with Crippen LogP contribution in [0.1, 0.15) is 5.56 Å². The Bertz CT molecular complexity index is 1830. The maximum Gasteiger partial charge on any atom is 0.235 e. The SMILES string of the molecule is C=CS(=O)(=O)N1CCN(Cc2ccc(-n3c(-c4cccnc4N)nc4ncc(-c5ccc(F)cn5)nc43)cc2)CC1. The van der Waals surface area contributed by atoms with E-state index in [1.807, 2.05) is 34.9 Å². The Balaban J connectivity index is 1.34. The van der Waals surface area contributed by atoms with E-state index in [0.717, 1.165) is 22.9 Å². The molecule has 2 N–H and O–H groups in total. The molecule has 0 atom stereocenters. The number of aromatic nitrogens is 6. The first-order valence-corrected chi connectivity index (χ1v) is 14.4. The summed E-state index contributed by atoms with van der Waals surface area (Å²) < 4.78 is 40.9. The molecule has 5 aromatic rings. The molecule has 1 aromatic carbocycles. The van der Waals surface area contributed by atoms with Crippen LogP contribution in [0.4, 0.5) is 10.2 Å². The molecule has 0 aliphatic carbocycles. The minimum atomic E-state index is -3.40. The fourth-order valence-electron chi connectivity index (χ4n) is 4.79. The summed E-state index contributed by atoms with van der Waals surface area (Å²) in [5, 5.41) is 0.998. The molecule has 208 valence electrons. The van der Waals surface area contributed by atoms with Crippen molar-refractivity contribution in [1.82, 2.24) is 38.7 Å². The van der Waals surface area contributed by atoms with Crippen LogP contribution in [0.15, 0.2) is 79.1 Å². The number of benzene rings is 1. The number of sulfonamides is 1. The van der Waals surface area contributed by atoms with Gasteiger partial charge in [-0.15, -0.1) is 0 Å². The fraction of sp³-hybridized carbons (Fsp3) is 0.179. The first-order valence-electron chi connectivity index (χ1n) is 12.8. The highest BCUT2D eigenvalue weighted by atomic mass is 32.2. The number of nitrogen functional groups attached to an aromatic ring is 1. The monoisotopic (exact) mass is 571 g/mol. The minimum Gasteiger partial charge on any atom is -0.383 e. The number of hydrogen-bond donors (Lipinski definition) is 1. The van der Waals surface area contributed by atoms with E-state index in [1.165, 1.54) is 10.4 Å². The predicted octanol–water partition coefficient (Wildman–Crippen LogP) is 3.25. The van der Waals surface area contributed by atoms with Crippen LogP contribution in [0.25, 0.3) is 39.8 Å². The van der Waals surface area contributed by atoms with Crippen molar-refractivity contribution < 1.29 is 12.8 Å². The lowest BCUT2D eigenvalue weighted by molar-refractivity contribution is 0.182. The summed E-state index contributed by atoms with van der Waals surface area (Å²) in [7, 11) is -3.40. The number of imidazole rings is 1. The van der Waals surface area contributed by atoms with Crippen molar-refractivity contribution in [2.45, 2.75) is 6.54 Å². The summed E-state index contributed by atoms with van der Waals surface area (Å²) in [6, 6.07) is 14.5. The third kappa shape index (κ3) is 5.29. The summed E-state index contributed by atoms with van der Waals surface area (Å²) >= 11 is 0. The number of halogens is 1. The number of fused-ring (bicyclic) bond motifs is 1. The summed E-state index contributed by atoms with van der Waals surface area (Å²) in [6.45, 7) is 6.19. The zero-order valence-corrected chi connectivity index (χ0v) is 22.7. The maximum atomic E-state index is 13.5. The number of pyridine rings is 2. The molecule has 5 heterocycles. The van der Waals surface area contributed by atoms with E-state index in [2.05, 4.69) is 26.4 Å². The fourth-order valence-corrected chi connectivity index (χ4v) is 5.67. The smallest absolute Gasteiger partial charge is 0.235 e. The molecule has 11 nitrogen and oxygen atoms in total. The zero-order valence-electron chi connectivity index (χ0n) is 21.9. The molecule has 1 aliphatic heterocycles. The molecule has 1 saturated heterocycles. The van der Waals surface area contributed by atoms with Gasteiger partial charge in [0.2, 0.25) is 10.0 Å². The molecule has 13 heteroatoms. The quantitative estimate of drug-likeness (QED) is 0.312. The van der Waals surface area contributed by atoms with Crippen LogP contribution >= 0.6 is 0 Å². The van der Waals surface area contributed by atoms with Gasteiger partial charge in [0.15, 0.2) is 17.1 Å². The van der Waals surface area contributed by atoms with E-state index in [9.17, 15) is 12.8 Å². The molecule has 0 radical (unpaired) electrons. The van der Waals surface area contributed by atoms with Crippen molar-refractivity contribution in [3.05, 3.63) is 90.5 Å². The number of piperazine rings is 1. The van der Waals surface area contributed by atoms with Crippen molar-refractivity contribution in [3.8, 4) is 28.5 Å². The lowest BCUT2D eigenvalue weighted by Gasteiger charge is -2.33. The molecule has 0 spiro atoms. The molecule has 0 bridgehead atoms. The second kappa shape index (κ2) is 10.8. The number of hydrogen-bond acceptors (Lipinski definition) is 9. The van der Waals surface area contributed by atoms with Crippen LogP contribution < -0.4 is 5.73 Å². The van der Waals surface area contributed by atoms with E-state index >= 15 is 0 Å². The van der Waals surface area contributed by atoms with Crippen molar-refractivity contribution in [2.24, 2.45) is 0 Å². The van der Waals surface area contributed by atoms with Gasteiger partial charge in [-0.2, -0.15) is 4.31 Å². The predicted molar refractivity (Wildman–Crippen MR) is 153 cm³/mol. The zero-order chi connectivity index (χ0) is 28.6. The minimum absolute atomic E-state index is 0.318. The van der Waals surface area contributed by atoms with Gasteiger partial charge in [-0.05, 0) is 42.0 Å². The second-order valence-corrected chi connectivity index (χ2v) is 11.4. The Morgan fingerprint density at radius 1 is 0.927 bits per heavy atom. The summed E-state index contributed by atoms with van der Waals surface area (Å²) in [5.41, 5.74) is 10.6. The molecular formula is C28H26FN9O2S. The lowest BCUT2D eigenvalue weighted by atomic mass is 10.1. The number of rotatable bonds is 7. The highest BCUT2D eigenvalue weighted by Gasteiger charge is 2.25. The molecule has 1 aliphatic rings. The average molecular weight is 572 g/mol. The van der Waals surface area contributed by atoms with Gasteiger partial charge in [-0.3, -0.25) is 14.5 Å². The first kappa shape index (κ1) is 26.6. The Morgan fingerprint density at radius 3 is 2.39 bits per heavy atom. The standard InChI is InChI=1S/C28H26FN9O2S/c1-2-41(39,40)37-14-12-36(13-15-37)18-19-5-8-21(9-6-19)38-27(22-4-3-11-31-25(22)30)35-26-28(38)34-24(17-33-26)23-10-7-20(29)16-32-23/h2-11,16-17H,1,12-15,18H2,(H2,30,31). The molecule has 4 aromatic heterocycles. The average Bonchev–Trinajstić information content (AvgIpc) is 3.37. The Labute approximate surface area is 235 Å². The number of nitrogens with two attached hydrogens (primary N) is 1. The van der Waals surface area contributed by atoms with Gasteiger partial charge >= 0.3 is 0 Å². The summed E-state index contributed by atoms with van der Waals surface area (Å²) in [4.78, 5) is 24.6. The highest BCUT2D eigenvalue weighted by Crippen LogP contribution is 2.30. The van der Waals surface area contributed by atoms with E-state index in [1.54, 1.807) is 24.5 Å².